The van der Waals surface area contributed by atoms with Gasteiger partial charge in [-0.25, -0.2) is 4.98 Å². The Bertz CT molecular complexity index is 2090. The molecule has 0 bridgehead atoms. The highest BCUT2D eigenvalue weighted by atomic mass is 32.1. The van der Waals surface area contributed by atoms with E-state index in [-0.39, 0.29) is 11.2 Å². The van der Waals surface area contributed by atoms with E-state index in [1.807, 2.05) is 42.6 Å². The first-order valence-corrected chi connectivity index (χ1v) is 15.0. The number of phenolic OH excluding ortho intramolecular Hbond substituents is 1. The number of benzene rings is 5. The molecule has 7 rings (SSSR count). The average Bonchev–Trinajstić information content (AvgIpc) is 3.46. The zero-order valence-electron chi connectivity index (χ0n) is 23.8. The standard InChI is InChI=1S/C38H30N2OS/c1-38(2,3)29-21-27(32-23-26(24-11-5-4-6-12-24)19-25-13-10-18-39-35(25)32)20-28(22-29)37-40-36-31(15-9-17-34(36)42-37)30-14-7-8-16-33(30)41/h4-23,41H,1-3H3. The molecular weight excluding hydrogens is 532 g/mol. The Morgan fingerprint density at radius 2 is 1.36 bits per heavy atom. The smallest absolute Gasteiger partial charge is 0.124 e. The van der Waals surface area contributed by atoms with E-state index in [1.54, 1.807) is 17.4 Å². The summed E-state index contributed by atoms with van der Waals surface area (Å²) in [6.45, 7) is 6.75. The molecule has 0 saturated heterocycles. The Labute approximate surface area is 249 Å². The molecule has 0 aliphatic rings. The molecule has 0 aliphatic carbocycles. The molecule has 0 spiro atoms. The Morgan fingerprint density at radius 3 is 2.17 bits per heavy atom. The van der Waals surface area contributed by atoms with Crippen molar-refractivity contribution < 1.29 is 5.11 Å². The van der Waals surface area contributed by atoms with Crippen molar-refractivity contribution >= 4 is 32.5 Å². The van der Waals surface area contributed by atoms with Crippen LogP contribution in [0.1, 0.15) is 26.3 Å². The third-order valence-corrected chi connectivity index (χ3v) is 8.85. The second kappa shape index (κ2) is 10.2. The van der Waals surface area contributed by atoms with Crippen molar-refractivity contribution in [3.8, 4) is 49.7 Å². The number of aromatic hydroxyl groups is 1. The van der Waals surface area contributed by atoms with Crippen molar-refractivity contribution in [2.75, 3.05) is 0 Å². The average molecular weight is 563 g/mol. The van der Waals surface area contributed by atoms with Crippen LogP contribution in [-0.2, 0) is 5.41 Å². The highest BCUT2D eigenvalue weighted by molar-refractivity contribution is 7.21. The van der Waals surface area contributed by atoms with E-state index in [0.29, 0.717) is 0 Å². The van der Waals surface area contributed by atoms with Crippen molar-refractivity contribution in [1.29, 1.82) is 0 Å². The summed E-state index contributed by atoms with van der Waals surface area (Å²) in [5, 5.41) is 12.7. The van der Waals surface area contributed by atoms with Gasteiger partial charge in [0.1, 0.15) is 10.8 Å². The molecule has 204 valence electrons. The predicted octanol–water partition coefficient (Wildman–Crippen LogP) is 10.5. The molecule has 0 amide bonds. The highest BCUT2D eigenvalue weighted by Gasteiger charge is 2.20. The van der Waals surface area contributed by atoms with E-state index in [0.717, 1.165) is 53.9 Å². The monoisotopic (exact) mass is 562 g/mol. The number of hydrogen-bond donors (Lipinski definition) is 1. The number of aromatic nitrogens is 2. The van der Waals surface area contributed by atoms with E-state index in [9.17, 15) is 5.11 Å². The lowest BCUT2D eigenvalue weighted by molar-refractivity contribution is 0.477. The lowest BCUT2D eigenvalue weighted by Gasteiger charge is -2.22. The van der Waals surface area contributed by atoms with Gasteiger partial charge in [-0.3, -0.25) is 4.98 Å². The number of phenols is 1. The van der Waals surface area contributed by atoms with Crippen molar-refractivity contribution in [3.63, 3.8) is 0 Å². The summed E-state index contributed by atoms with van der Waals surface area (Å²) in [6, 6.07) is 39.6. The van der Waals surface area contributed by atoms with Crippen molar-refractivity contribution in [2.24, 2.45) is 0 Å². The van der Waals surface area contributed by atoms with Crippen LogP contribution in [0.25, 0.3) is 65.1 Å². The third kappa shape index (κ3) is 4.74. The first-order valence-electron chi connectivity index (χ1n) is 14.1. The van der Waals surface area contributed by atoms with E-state index >= 15 is 0 Å². The van der Waals surface area contributed by atoms with Gasteiger partial charge in [0.15, 0.2) is 0 Å². The van der Waals surface area contributed by atoms with Crippen LogP contribution in [0, 0.1) is 0 Å². The van der Waals surface area contributed by atoms with E-state index in [4.69, 9.17) is 9.97 Å². The van der Waals surface area contributed by atoms with Gasteiger partial charge in [-0.05, 0) is 70.1 Å². The quantitative estimate of drug-likeness (QED) is 0.232. The summed E-state index contributed by atoms with van der Waals surface area (Å²) >= 11 is 1.68. The molecule has 2 aromatic heterocycles. The molecule has 5 aromatic carbocycles. The molecule has 0 unspecified atom stereocenters. The highest BCUT2D eigenvalue weighted by Crippen LogP contribution is 2.42. The van der Waals surface area contributed by atoms with Crippen LogP contribution in [0.5, 0.6) is 5.75 Å². The molecule has 7 aromatic rings. The minimum Gasteiger partial charge on any atom is -0.507 e. The largest absolute Gasteiger partial charge is 0.507 e. The van der Waals surface area contributed by atoms with Gasteiger partial charge < -0.3 is 5.11 Å². The van der Waals surface area contributed by atoms with Crippen LogP contribution < -0.4 is 0 Å². The molecular formula is C38H30N2OS. The molecule has 0 radical (unpaired) electrons. The Morgan fingerprint density at radius 1 is 0.595 bits per heavy atom. The zero-order chi connectivity index (χ0) is 28.8. The number of hydrogen-bond acceptors (Lipinski definition) is 4. The summed E-state index contributed by atoms with van der Waals surface area (Å²) in [5.41, 5.74) is 10.4. The van der Waals surface area contributed by atoms with Gasteiger partial charge >= 0.3 is 0 Å². The number of pyridine rings is 1. The number of fused-ring (bicyclic) bond motifs is 2. The molecule has 3 nitrogen and oxygen atoms in total. The first kappa shape index (κ1) is 26.1. The molecule has 0 aliphatic heterocycles. The van der Waals surface area contributed by atoms with Gasteiger partial charge in [0, 0.05) is 33.8 Å². The predicted molar refractivity (Wildman–Crippen MR) is 177 cm³/mol. The zero-order valence-corrected chi connectivity index (χ0v) is 24.6. The molecule has 2 heterocycles. The minimum absolute atomic E-state index is 0.0668. The van der Waals surface area contributed by atoms with E-state index in [2.05, 4.69) is 93.6 Å². The third-order valence-electron chi connectivity index (χ3n) is 7.78. The molecule has 0 atom stereocenters. The number of rotatable bonds is 4. The van der Waals surface area contributed by atoms with Crippen molar-refractivity contribution in [2.45, 2.75) is 26.2 Å². The van der Waals surface area contributed by atoms with E-state index < -0.39 is 0 Å². The van der Waals surface area contributed by atoms with Gasteiger partial charge in [0.05, 0.1) is 15.7 Å². The van der Waals surface area contributed by atoms with Crippen molar-refractivity contribution in [1.82, 2.24) is 9.97 Å². The lowest BCUT2D eigenvalue weighted by atomic mass is 9.83. The fraction of sp³-hybridized carbons (Fsp3) is 0.105. The Balaban J connectivity index is 1.45. The summed E-state index contributed by atoms with van der Waals surface area (Å²) in [7, 11) is 0. The maximum absolute atomic E-state index is 10.6. The van der Waals surface area contributed by atoms with Gasteiger partial charge in [0.25, 0.3) is 0 Å². The molecule has 0 saturated carbocycles. The van der Waals surface area contributed by atoms with Gasteiger partial charge in [-0.2, -0.15) is 0 Å². The fourth-order valence-electron chi connectivity index (χ4n) is 5.54. The minimum atomic E-state index is -0.0668. The van der Waals surface area contributed by atoms with Crippen LogP contribution in [-0.4, -0.2) is 15.1 Å². The van der Waals surface area contributed by atoms with Crippen LogP contribution in [0.4, 0.5) is 0 Å². The van der Waals surface area contributed by atoms with Gasteiger partial charge in [-0.15, -0.1) is 11.3 Å². The maximum Gasteiger partial charge on any atom is 0.124 e. The molecule has 4 heteroatoms. The topological polar surface area (TPSA) is 46.0 Å². The van der Waals surface area contributed by atoms with Gasteiger partial charge in [0.2, 0.25) is 0 Å². The first-order chi connectivity index (χ1) is 20.3. The number of thiazole rings is 1. The SMILES string of the molecule is CC(C)(C)c1cc(-c2nc3c(-c4ccccc4O)cccc3s2)cc(-c2cc(-c3ccccc3)cc3cccnc23)c1. The Hall–Kier alpha value is -4.80. The summed E-state index contributed by atoms with van der Waals surface area (Å²) in [5.74, 6) is 0.259. The second-order valence-electron chi connectivity index (χ2n) is 11.7. The normalized spacial score (nSPS) is 11.8. The maximum atomic E-state index is 10.6. The van der Waals surface area contributed by atoms with Gasteiger partial charge in [-0.1, -0.05) is 93.6 Å². The Kier molecular flexibility index (Phi) is 6.37. The van der Waals surface area contributed by atoms with Crippen molar-refractivity contribution in [3.05, 3.63) is 127 Å². The number of nitrogens with zero attached hydrogens (tertiary/aromatic N) is 2. The van der Waals surface area contributed by atoms with Crippen LogP contribution in [0.2, 0.25) is 0 Å². The van der Waals surface area contributed by atoms with E-state index in [1.165, 1.54) is 16.7 Å². The van der Waals surface area contributed by atoms with Crippen LogP contribution in [0.3, 0.4) is 0 Å². The molecule has 1 N–H and O–H groups in total. The van der Waals surface area contributed by atoms with Crippen LogP contribution in [0.15, 0.2) is 121 Å². The summed E-state index contributed by atoms with van der Waals surface area (Å²) < 4.78 is 1.09. The molecule has 0 fully saturated rings. The summed E-state index contributed by atoms with van der Waals surface area (Å²) in [4.78, 5) is 10.0. The second-order valence-corrected chi connectivity index (χ2v) is 12.7. The number of para-hydroxylation sites is 2. The lowest BCUT2D eigenvalue weighted by Crippen LogP contribution is -2.11. The fourth-order valence-corrected chi connectivity index (χ4v) is 6.52. The summed E-state index contributed by atoms with van der Waals surface area (Å²) in [6.07, 6.45) is 1.87. The molecule has 42 heavy (non-hydrogen) atoms. The van der Waals surface area contributed by atoms with Crippen LogP contribution >= 0.6 is 11.3 Å².